The third kappa shape index (κ3) is 3.12. The maximum atomic E-state index is 12.6. The van der Waals surface area contributed by atoms with Gasteiger partial charge in [-0.25, -0.2) is 8.42 Å². The number of hydrogen-bond acceptors (Lipinski definition) is 5. The van der Waals surface area contributed by atoms with Gasteiger partial charge < -0.3 is 10.5 Å². The van der Waals surface area contributed by atoms with E-state index in [0.717, 1.165) is 10.4 Å². The van der Waals surface area contributed by atoms with Crippen LogP contribution in [0.4, 0.5) is 13.2 Å². The number of nitrogens with zero attached hydrogens (tertiary/aromatic N) is 1. The Balaban J connectivity index is 2.40. The Morgan fingerprint density at radius 3 is 2.59 bits per heavy atom. The molecule has 2 N–H and O–H groups in total. The van der Waals surface area contributed by atoms with Crippen molar-refractivity contribution in [2.45, 2.75) is 29.5 Å². The third-order valence-electron chi connectivity index (χ3n) is 3.16. The molecule has 1 aliphatic heterocycles. The zero-order valence-corrected chi connectivity index (χ0v) is 13.0. The summed E-state index contributed by atoms with van der Waals surface area (Å²) in [5, 5.41) is 0. The molecule has 0 saturated carbocycles. The summed E-state index contributed by atoms with van der Waals surface area (Å²) in [6.07, 6.45) is -5.40. The smallest absolute Gasteiger partial charge is 0.375 e. The van der Waals surface area contributed by atoms with E-state index in [-0.39, 0.29) is 24.5 Å². The van der Waals surface area contributed by atoms with Gasteiger partial charge in [-0.1, -0.05) is 0 Å². The average Bonchev–Trinajstić information content (AvgIpc) is 2.87. The van der Waals surface area contributed by atoms with Crippen LogP contribution in [-0.4, -0.2) is 43.9 Å². The molecule has 0 radical (unpaired) electrons. The predicted octanol–water partition coefficient (Wildman–Crippen LogP) is 1.03. The van der Waals surface area contributed by atoms with E-state index in [0.29, 0.717) is 6.07 Å². The number of primary amides is 1. The summed E-state index contributed by atoms with van der Waals surface area (Å²) < 4.78 is 68.3. The number of morpholine rings is 1. The van der Waals surface area contributed by atoms with Crippen LogP contribution in [0.3, 0.4) is 0 Å². The van der Waals surface area contributed by atoms with Gasteiger partial charge in [-0.15, -0.1) is 11.3 Å². The molecule has 1 aromatic rings. The summed E-state index contributed by atoms with van der Waals surface area (Å²) in [7, 11) is -4.26. The summed E-state index contributed by atoms with van der Waals surface area (Å²) in [4.78, 5) is 10.5. The lowest BCUT2D eigenvalue weighted by Crippen LogP contribution is -2.58. The van der Waals surface area contributed by atoms with Gasteiger partial charge in [0.05, 0.1) is 12.7 Å². The lowest BCUT2D eigenvalue weighted by atomic mass is 10.1. The van der Waals surface area contributed by atoms with Crippen LogP contribution in [0.1, 0.15) is 11.8 Å². The second kappa shape index (κ2) is 5.80. The van der Waals surface area contributed by atoms with Crippen LogP contribution in [0, 0.1) is 0 Å². The quantitative estimate of drug-likeness (QED) is 0.874. The first-order valence-corrected chi connectivity index (χ1v) is 8.40. The van der Waals surface area contributed by atoms with Crippen molar-refractivity contribution in [1.82, 2.24) is 4.31 Å². The Kier molecular flexibility index (Phi) is 4.53. The number of amides is 1. The van der Waals surface area contributed by atoms with Gasteiger partial charge in [0.1, 0.15) is 15.1 Å². The van der Waals surface area contributed by atoms with Gasteiger partial charge in [-0.3, -0.25) is 4.79 Å². The van der Waals surface area contributed by atoms with E-state index in [9.17, 15) is 26.4 Å². The standard InChI is InChI=1S/C11H13F3N2O4S2/c1-6-9(10(15)17)16(4-5-20-6)22(18,19)8-3-2-7(21-8)11(12,13)14/h2-3,6,9H,4-5H2,1H3,(H2,15,17)/t6-,9+/m1/s1. The molecule has 0 bridgehead atoms. The molecule has 11 heteroatoms. The molecule has 2 heterocycles. The van der Waals surface area contributed by atoms with E-state index in [1.165, 1.54) is 6.92 Å². The molecule has 124 valence electrons. The number of carbonyl (C=O) groups is 1. The molecule has 22 heavy (non-hydrogen) atoms. The summed E-state index contributed by atoms with van der Waals surface area (Å²) in [6.45, 7) is 1.36. The highest BCUT2D eigenvalue weighted by Gasteiger charge is 2.43. The van der Waals surface area contributed by atoms with Crippen molar-refractivity contribution in [2.24, 2.45) is 5.73 Å². The van der Waals surface area contributed by atoms with Gasteiger partial charge in [-0.05, 0) is 19.1 Å². The number of hydrogen-bond donors (Lipinski definition) is 1. The summed E-state index contributed by atoms with van der Waals surface area (Å²) in [5.74, 6) is -0.914. The van der Waals surface area contributed by atoms with Gasteiger partial charge in [0.2, 0.25) is 5.91 Å². The van der Waals surface area contributed by atoms with Gasteiger partial charge in [-0.2, -0.15) is 17.5 Å². The minimum atomic E-state index is -4.63. The largest absolute Gasteiger partial charge is 0.425 e. The molecular weight excluding hydrogens is 345 g/mol. The molecule has 1 aromatic heterocycles. The second-order valence-electron chi connectivity index (χ2n) is 4.66. The lowest BCUT2D eigenvalue weighted by Gasteiger charge is -2.36. The molecule has 0 aromatic carbocycles. The van der Waals surface area contributed by atoms with Crippen LogP contribution in [0.15, 0.2) is 16.3 Å². The fraction of sp³-hybridized carbons (Fsp3) is 0.545. The maximum Gasteiger partial charge on any atom is 0.425 e. The molecule has 1 aliphatic rings. The SMILES string of the molecule is C[C@H]1OCCN(S(=O)(=O)c2ccc(C(F)(F)F)s2)[C@@H]1C(N)=O. The second-order valence-corrected chi connectivity index (χ2v) is 7.86. The Morgan fingerprint density at radius 2 is 2.09 bits per heavy atom. The number of carbonyl (C=O) groups excluding carboxylic acids is 1. The van der Waals surface area contributed by atoms with Crippen LogP contribution in [0.25, 0.3) is 0 Å². The highest BCUT2D eigenvalue weighted by molar-refractivity contribution is 7.91. The van der Waals surface area contributed by atoms with E-state index in [1.807, 2.05) is 0 Å². The number of sulfonamides is 1. The molecule has 0 aliphatic carbocycles. The number of rotatable bonds is 3. The van der Waals surface area contributed by atoms with E-state index in [1.54, 1.807) is 0 Å². The molecular formula is C11H13F3N2O4S2. The van der Waals surface area contributed by atoms with Gasteiger partial charge >= 0.3 is 6.18 Å². The van der Waals surface area contributed by atoms with Crippen molar-refractivity contribution < 1.29 is 31.1 Å². The normalized spacial score (nSPS) is 24.4. The highest BCUT2D eigenvalue weighted by atomic mass is 32.2. The van der Waals surface area contributed by atoms with Crippen LogP contribution in [-0.2, 0) is 25.7 Å². The number of thiophene rings is 1. The molecule has 0 spiro atoms. The Morgan fingerprint density at radius 1 is 1.45 bits per heavy atom. The van der Waals surface area contributed by atoms with E-state index >= 15 is 0 Å². The molecule has 0 unspecified atom stereocenters. The van der Waals surface area contributed by atoms with Crippen molar-refractivity contribution in [3.05, 3.63) is 17.0 Å². The van der Waals surface area contributed by atoms with Crippen molar-refractivity contribution in [1.29, 1.82) is 0 Å². The topological polar surface area (TPSA) is 89.7 Å². The number of halogens is 3. The van der Waals surface area contributed by atoms with Crippen LogP contribution >= 0.6 is 11.3 Å². The first-order chi connectivity index (χ1) is 10.0. The van der Waals surface area contributed by atoms with E-state index in [2.05, 4.69) is 0 Å². The van der Waals surface area contributed by atoms with E-state index < -0.39 is 43.3 Å². The van der Waals surface area contributed by atoms with Crippen molar-refractivity contribution in [2.75, 3.05) is 13.2 Å². The molecule has 1 fully saturated rings. The number of ether oxygens (including phenoxy) is 1. The Bertz CT molecular complexity index is 671. The van der Waals surface area contributed by atoms with Gasteiger partial charge in [0.15, 0.2) is 0 Å². The Hall–Kier alpha value is -1.17. The van der Waals surface area contributed by atoms with E-state index in [4.69, 9.17) is 10.5 Å². The summed E-state index contributed by atoms with van der Waals surface area (Å²) >= 11 is 0.108. The molecule has 1 saturated heterocycles. The average molecular weight is 358 g/mol. The third-order valence-corrected chi connectivity index (χ3v) is 6.64. The minimum Gasteiger partial charge on any atom is -0.375 e. The van der Waals surface area contributed by atoms with Gasteiger partial charge in [0.25, 0.3) is 10.0 Å². The van der Waals surface area contributed by atoms with Crippen molar-refractivity contribution >= 4 is 27.3 Å². The van der Waals surface area contributed by atoms with Gasteiger partial charge in [0, 0.05) is 6.54 Å². The zero-order valence-electron chi connectivity index (χ0n) is 11.3. The molecule has 6 nitrogen and oxygen atoms in total. The van der Waals surface area contributed by atoms with Crippen molar-refractivity contribution in [3.8, 4) is 0 Å². The summed E-state index contributed by atoms with van der Waals surface area (Å²) in [6, 6.07) is 0.317. The zero-order chi connectivity index (χ0) is 16.7. The van der Waals surface area contributed by atoms with Crippen LogP contribution < -0.4 is 5.73 Å². The minimum absolute atomic E-state index is 0.0294. The first kappa shape index (κ1) is 17.2. The molecule has 2 atom stereocenters. The summed E-state index contributed by atoms with van der Waals surface area (Å²) in [5.41, 5.74) is 5.20. The van der Waals surface area contributed by atoms with Crippen LogP contribution in [0.2, 0.25) is 0 Å². The maximum absolute atomic E-state index is 12.6. The highest BCUT2D eigenvalue weighted by Crippen LogP contribution is 2.37. The van der Waals surface area contributed by atoms with Crippen LogP contribution in [0.5, 0.6) is 0 Å². The van der Waals surface area contributed by atoms with Crippen molar-refractivity contribution in [3.63, 3.8) is 0 Å². The molecule has 1 amide bonds. The fourth-order valence-corrected chi connectivity index (χ4v) is 5.11. The number of nitrogens with two attached hydrogens (primary N) is 1. The Labute approximate surface area is 128 Å². The predicted molar refractivity (Wildman–Crippen MR) is 71.6 cm³/mol. The monoisotopic (exact) mass is 358 g/mol. The lowest BCUT2D eigenvalue weighted by molar-refractivity contribution is -0.134. The fourth-order valence-electron chi connectivity index (χ4n) is 2.16. The number of alkyl halides is 3. The molecule has 2 rings (SSSR count). The first-order valence-electron chi connectivity index (χ1n) is 6.15.